The van der Waals surface area contributed by atoms with Crippen molar-refractivity contribution < 1.29 is 4.52 Å². The second-order valence-corrected chi connectivity index (χ2v) is 4.68. The van der Waals surface area contributed by atoms with Gasteiger partial charge in [0.1, 0.15) is 0 Å². The summed E-state index contributed by atoms with van der Waals surface area (Å²) in [6.07, 6.45) is 0. The van der Waals surface area contributed by atoms with Crippen molar-refractivity contribution in [3.05, 3.63) is 48.0 Å². The van der Waals surface area contributed by atoms with Crippen LogP contribution >= 0.6 is 0 Å². The van der Waals surface area contributed by atoms with Gasteiger partial charge in [0.2, 0.25) is 5.82 Å². The molecule has 3 aromatic rings. The highest BCUT2D eigenvalue weighted by atomic mass is 16.5. The van der Waals surface area contributed by atoms with Gasteiger partial charge in [-0.3, -0.25) is 0 Å². The Morgan fingerprint density at radius 1 is 0.950 bits per heavy atom. The normalized spacial score (nSPS) is 10.7. The molecule has 0 radical (unpaired) electrons. The molecule has 0 bridgehead atoms. The maximum atomic E-state index is 5.76. The maximum Gasteiger partial charge on any atom is 0.258 e. The molecule has 100 valence electrons. The number of nitrogens with two attached hydrogens (primary N) is 2. The van der Waals surface area contributed by atoms with Crippen LogP contribution in [0.5, 0.6) is 0 Å². The molecule has 0 spiro atoms. The molecule has 1 aromatic heterocycles. The van der Waals surface area contributed by atoms with E-state index in [4.69, 9.17) is 16.0 Å². The fraction of sp³-hybridized carbons (Fsp3) is 0.0667. The topological polar surface area (TPSA) is 91.0 Å². The molecule has 0 saturated carbocycles. The molecule has 0 saturated heterocycles. The fourth-order valence-corrected chi connectivity index (χ4v) is 2.04. The Balaban J connectivity index is 2.02. The van der Waals surface area contributed by atoms with Gasteiger partial charge in [0.05, 0.1) is 0 Å². The van der Waals surface area contributed by atoms with E-state index >= 15 is 0 Å². The second-order valence-electron chi connectivity index (χ2n) is 4.68. The molecule has 0 fully saturated rings. The number of aryl methyl sites for hydroxylation is 1. The van der Waals surface area contributed by atoms with Crippen LogP contribution in [0, 0.1) is 6.92 Å². The van der Waals surface area contributed by atoms with E-state index in [0.717, 1.165) is 11.1 Å². The van der Waals surface area contributed by atoms with E-state index in [2.05, 4.69) is 10.1 Å². The number of nitrogens with zero attached hydrogens (tertiary/aromatic N) is 2. The lowest BCUT2D eigenvalue weighted by molar-refractivity contribution is 0.432. The summed E-state index contributed by atoms with van der Waals surface area (Å²) < 4.78 is 5.28. The molecule has 0 amide bonds. The molecular formula is C15H14N4O. The first kappa shape index (κ1) is 12.2. The van der Waals surface area contributed by atoms with Crippen molar-refractivity contribution in [2.45, 2.75) is 6.92 Å². The largest absolute Gasteiger partial charge is 0.399 e. The Hall–Kier alpha value is -2.82. The van der Waals surface area contributed by atoms with E-state index in [9.17, 15) is 0 Å². The summed E-state index contributed by atoms with van der Waals surface area (Å²) in [5.41, 5.74) is 15.4. The second kappa shape index (κ2) is 4.70. The molecule has 0 atom stereocenters. The van der Waals surface area contributed by atoms with Crippen LogP contribution in [0.3, 0.4) is 0 Å². The third-order valence-corrected chi connectivity index (χ3v) is 2.93. The number of rotatable bonds is 2. The first-order chi connectivity index (χ1) is 9.61. The highest BCUT2D eigenvalue weighted by molar-refractivity contribution is 5.68. The molecule has 3 rings (SSSR count). The Morgan fingerprint density at radius 2 is 1.70 bits per heavy atom. The van der Waals surface area contributed by atoms with Crippen LogP contribution in [0.2, 0.25) is 0 Å². The minimum atomic E-state index is 0.403. The Kier molecular flexibility index (Phi) is 2.87. The quantitative estimate of drug-likeness (QED) is 0.696. The van der Waals surface area contributed by atoms with Gasteiger partial charge in [0, 0.05) is 22.5 Å². The van der Waals surface area contributed by atoms with Gasteiger partial charge in [-0.25, -0.2) is 0 Å². The highest BCUT2D eigenvalue weighted by Gasteiger charge is 2.11. The smallest absolute Gasteiger partial charge is 0.258 e. The molecule has 0 aliphatic heterocycles. The van der Waals surface area contributed by atoms with E-state index < -0.39 is 0 Å². The van der Waals surface area contributed by atoms with Gasteiger partial charge in [-0.2, -0.15) is 4.98 Å². The summed E-state index contributed by atoms with van der Waals surface area (Å²) in [5, 5.41) is 4.00. The number of benzene rings is 2. The monoisotopic (exact) mass is 266 g/mol. The van der Waals surface area contributed by atoms with Crippen molar-refractivity contribution >= 4 is 11.4 Å². The molecule has 0 unspecified atom stereocenters. The predicted molar refractivity (Wildman–Crippen MR) is 78.7 cm³/mol. The molecule has 5 heteroatoms. The van der Waals surface area contributed by atoms with E-state index in [1.165, 1.54) is 0 Å². The first-order valence-electron chi connectivity index (χ1n) is 6.19. The van der Waals surface area contributed by atoms with Crippen LogP contribution in [-0.2, 0) is 0 Å². The summed E-state index contributed by atoms with van der Waals surface area (Å²) in [4.78, 5) is 4.39. The van der Waals surface area contributed by atoms with E-state index in [1.807, 2.05) is 31.2 Å². The zero-order chi connectivity index (χ0) is 14.1. The van der Waals surface area contributed by atoms with Crippen molar-refractivity contribution in [1.82, 2.24) is 10.1 Å². The Labute approximate surface area is 116 Å². The van der Waals surface area contributed by atoms with Crippen LogP contribution in [0.15, 0.2) is 47.0 Å². The van der Waals surface area contributed by atoms with E-state index in [-0.39, 0.29) is 0 Å². The first-order valence-corrected chi connectivity index (χ1v) is 6.19. The molecule has 5 nitrogen and oxygen atoms in total. The van der Waals surface area contributed by atoms with Crippen LogP contribution in [0.4, 0.5) is 11.4 Å². The highest BCUT2D eigenvalue weighted by Crippen LogP contribution is 2.26. The SMILES string of the molecule is Cc1cccc(-c2noc(-c3cc(N)cc(N)c3)n2)c1. The van der Waals surface area contributed by atoms with Gasteiger partial charge in [0.15, 0.2) is 0 Å². The average molecular weight is 266 g/mol. The average Bonchev–Trinajstić information content (AvgIpc) is 2.87. The predicted octanol–water partition coefficient (Wildman–Crippen LogP) is 2.88. The minimum absolute atomic E-state index is 0.403. The lowest BCUT2D eigenvalue weighted by Crippen LogP contribution is -1.91. The molecular weight excluding hydrogens is 252 g/mol. The number of nitrogen functional groups attached to an aromatic ring is 2. The summed E-state index contributed by atoms with van der Waals surface area (Å²) in [6, 6.07) is 13.1. The number of hydrogen-bond acceptors (Lipinski definition) is 5. The lowest BCUT2D eigenvalue weighted by Gasteiger charge is -1.99. The standard InChI is InChI=1S/C15H14N4O/c1-9-3-2-4-10(5-9)14-18-15(20-19-14)11-6-12(16)8-13(17)7-11/h2-8H,16-17H2,1H3. The van der Waals surface area contributed by atoms with Gasteiger partial charge < -0.3 is 16.0 Å². The molecule has 20 heavy (non-hydrogen) atoms. The van der Waals surface area contributed by atoms with Crippen LogP contribution < -0.4 is 11.5 Å². The third-order valence-electron chi connectivity index (χ3n) is 2.93. The molecule has 0 aliphatic carbocycles. The van der Waals surface area contributed by atoms with Crippen molar-refractivity contribution in [1.29, 1.82) is 0 Å². The maximum absolute atomic E-state index is 5.76. The molecule has 2 aromatic carbocycles. The van der Waals surface area contributed by atoms with Crippen LogP contribution in [0.1, 0.15) is 5.56 Å². The van der Waals surface area contributed by atoms with E-state index in [0.29, 0.717) is 28.7 Å². The van der Waals surface area contributed by atoms with Gasteiger partial charge in [-0.15, -0.1) is 0 Å². The van der Waals surface area contributed by atoms with E-state index in [1.54, 1.807) is 18.2 Å². The van der Waals surface area contributed by atoms with Crippen molar-refractivity contribution in [2.24, 2.45) is 0 Å². The van der Waals surface area contributed by atoms with Gasteiger partial charge in [-0.1, -0.05) is 28.9 Å². The summed E-state index contributed by atoms with van der Waals surface area (Å²) in [6.45, 7) is 2.02. The van der Waals surface area contributed by atoms with Crippen molar-refractivity contribution in [3.63, 3.8) is 0 Å². The zero-order valence-corrected chi connectivity index (χ0v) is 11.0. The summed E-state index contributed by atoms with van der Waals surface area (Å²) >= 11 is 0. The number of hydrogen-bond donors (Lipinski definition) is 2. The number of aromatic nitrogens is 2. The van der Waals surface area contributed by atoms with Gasteiger partial charge >= 0.3 is 0 Å². The molecule has 4 N–H and O–H groups in total. The molecule has 1 heterocycles. The third kappa shape index (κ3) is 2.33. The van der Waals surface area contributed by atoms with Crippen LogP contribution in [0.25, 0.3) is 22.8 Å². The minimum Gasteiger partial charge on any atom is -0.399 e. The van der Waals surface area contributed by atoms with Crippen molar-refractivity contribution in [2.75, 3.05) is 11.5 Å². The summed E-state index contributed by atoms with van der Waals surface area (Å²) in [7, 11) is 0. The number of anilines is 2. The Bertz CT molecular complexity index is 744. The fourth-order valence-electron chi connectivity index (χ4n) is 2.04. The van der Waals surface area contributed by atoms with Gasteiger partial charge in [0.25, 0.3) is 5.89 Å². The zero-order valence-electron chi connectivity index (χ0n) is 11.0. The lowest BCUT2D eigenvalue weighted by atomic mass is 10.1. The van der Waals surface area contributed by atoms with Crippen LogP contribution in [-0.4, -0.2) is 10.1 Å². The Morgan fingerprint density at radius 3 is 2.40 bits per heavy atom. The van der Waals surface area contributed by atoms with Crippen molar-refractivity contribution in [3.8, 4) is 22.8 Å². The van der Waals surface area contributed by atoms with Gasteiger partial charge in [-0.05, 0) is 31.2 Å². The molecule has 0 aliphatic rings. The summed E-state index contributed by atoms with van der Waals surface area (Å²) in [5.74, 6) is 0.949.